The molecule has 19 heavy (non-hydrogen) atoms. The number of rotatable bonds is 7. The van der Waals surface area contributed by atoms with E-state index >= 15 is 0 Å². The first-order valence-corrected chi connectivity index (χ1v) is 5.69. The van der Waals surface area contributed by atoms with Gasteiger partial charge in [0, 0.05) is 7.11 Å². The van der Waals surface area contributed by atoms with E-state index in [0.29, 0.717) is 5.75 Å². The summed E-state index contributed by atoms with van der Waals surface area (Å²) in [5, 5.41) is 11.4. The van der Waals surface area contributed by atoms with E-state index in [1.54, 1.807) is 24.3 Å². The van der Waals surface area contributed by atoms with Crippen LogP contribution < -0.4 is 10.1 Å². The minimum absolute atomic E-state index is 0.126. The van der Waals surface area contributed by atoms with E-state index in [-0.39, 0.29) is 13.2 Å². The Morgan fingerprint density at radius 3 is 2.47 bits per heavy atom. The minimum Gasteiger partial charge on any atom is -0.484 e. The van der Waals surface area contributed by atoms with Gasteiger partial charge < -0.3 is 19.9 Å². The molecule has 1 aromatic rings. The summed E-state index contributed by atoms with van der Waals surface area (Å²) in [5.74, 6) is -1.14. The number of methoxy groups -OCH3 is 1. The number of nitrogens with one attached hydrogen (secondary N) is 1. The summed E-state index contributed by atoms with van der Waals surface area (Å²) in [4.78, 5) is 22.7. The molecule has 1 unspecified atom stereocenters. The van der Waals surface area contributed by atoms with Crippen molar-refractivity contribution in [2.24, 2.45) is 0 Å². The van der Waals surface area contributed by atoms with Gasteiger partial charge in [-0.3, -0.25) is 4.79 Å². The number of aliphatic carboxylic acids is 1. The Kier molecular flexibility index (Phi) is 5.32. The van der Waals surface area contributed by atoms with Crippen LogP contribution in [0.1, 0.15) is 6.92 Å². The monoisotopic (exact) mass is 267 g/mol. The molecule has 6 heteroatoms. The first-order valence-electron chi connectivity index (χ1n) is 5.69. The summed E-state index contributed by atoms with van der Waals surface area (Å²) >= 11 is 0. The van der Waals surface area contributed by atoms with E-state index in [0.717, 1.165) is 0 Å². The molecular formula is C13H17NO5. The Morgan fingerprint density at radius 1 is 1.32 bits per heavy atom. The van der Waals surface area contributed by atoms with Crippen LogP contribution in [0.25, 0.3) is 0 Å². The summed E-state index contributed by atoms with van der Waals surface area (Å²) < 4.78 is 10.0. The van der Waals surface area contributed by atoms with Gasteiger partial charge in [-0.25, -0.2) is 4.79 Å². The van der Waals surface area contributed by atoms with Crippen LogP contribution in [0.15, 0.2) is 30.3 Å². The molecule has 0 heterocycles. The lowest BCUT2D eigenvalue weighted by Gasteiger charge is -2.25. The Bertz CT molecular complexity index is 434. The second kappa shape index (κ2) is 6.75. The third kappa shape index (κ3) is 4.59. The van der Waals surface area contributed by atoms with E-state index in [4.69, 9.17) is 14.6 Å². The largest absolute Gasteiger partial charge is 0.484 e. The van der Waals surface area contributed by atoms with Crippen LogP contribution in [0, 0.1) is 0 Å². The van der Waals surface area contributed by atoms with Crippen LogP contribution in [-0.4, -0.2) is 42.8 Å². The van der Waals surface area contributed by atoms with Crippen molar-refractivity contribution in [1.82, 2.24) is 5.32 Å². The third-order valence-electron chi connectivity index (χ3n) is 2.43. The molecule has 1 atom stereocenters. The maximum atomic E-state index is 11.7. The van der Waals surface area contributed by atoms with Gasteiger partial charge in [-0.15, -0.1) is 0 Å². The van der Waals surface area contributed by atoms with Gasteiger partial charge in [0.15, 0.2) is 12.1 Å². The van der Waals surface area contributed by atoms with Crippen molar-refractivity contribution in [2.75, 3.05) is 20.3 Å². The molecule has 0 saturated heterocycles. The zero-order valence-corrected chi connectivity index (χ0v) is 10.9. The molecule has 0 radical (unpaired) electrons. The number of carbonyl (C=O) groups excluding carboxylic acids is 1. The van der Waals surface area contributed by atoms with Gasteiger partial charge in [0.05, 0.1) is 6.61 Å². The van der Waals surface area contributed by atoms with Crippen molar-refractivity contribution in [2.45, 2.75) is 12.5 Å². The van der Waals surface area contributed by atoms with E-state index in [2.05, 4.69) is 5.32 Å². The summed E-state index contributed by atoms with van der Waals surface area (Å²) in [6.45, 7) is 0.995. The molecule has 0 fully saturated rings. The van der Waals surface area contributed by atoms with Gasteiger partial charge in [-0.05, 0) is 19.1 Å². The number of amides is 1. The van der Waals surface area contributed by atoms with Gasteiger partial charge in [0.2, 0.25) is 0 Å². The summed E-state index contributed by atoms with van der Waals surface area (Å²) in [7, 11) is 1.37. The maximum absolute atomic E-state index is 11.7. The fourth-order valence-corrected chi connectivity index (χ4v) is 1.45. The number of hydrogen-bond donors (Lipinski definition) is 2. The maximum Gasteiger partial charge on any atom is 0.331 e. The highest BCUT2D eigenvalue weighted by Crippen LogP contribution is 2.08. The lowest BCUT2D eigenvalue weighted by molar-refractivity contribution is -0.149. The molecule has 2 N–H and O–H groups in total. The van der Waals surface area contributed by atoms with Crippen molar-refractivity contribution >= 4 is 11.9 Å². The molecule has 0 aromatic heterocycles. The predicted octanol–water partition coefficient (Wildman–Crippen LogP) is 0.671. The quantitative estimate of drug-likeness (QED) is 0.758. The van der Waals surface area contributed by atoms with Crippen LogP contribution in [0.2, 0.25) is 0 Å². The molecule has 0 spiro atoms. The second-order valence-corrected chi connectivity index (χ2v) is 4.22. The third-order valence-corrected chi connectivity index (χ3v) is 2.43. The number of benzene rings is 1. The molecule has 0 aliphatic rings. The van der Waals surface area contributed by atoms with Crippen LogP contribution in [0.5, 0.6) is 5.75 Å². The smallest absolute Gasteiger partial charge is 0.331 e. The fourth-order valence-electron chi connectivity index (χ4n) is 1.45. The van der Waals surface area contributed by atoms with Gasteiger partial charge in [0.25, 0.3) is 5.91 Å². The summed E-state index contributed by atoms with van der Waals surface area (Å²) in [6.07, 6.45) is 0. The molecule has 1 rings (SSSR count). The first kappa shape index (κ1) is 15.0. The molecular weight excluding hydrogens is 250 g/mol. The molecule has 1 aromatic carbocycles. The Labute approximate surface area is 111 Å². The standard InChI is InChI=1S/C13H17NO5/c1-13(9-18-2,12(16)17)14-11(15)8-19-10-6-4-3-5-7-10/h3-7H,8-9H2,1-2H3,(H,14,15)(H,16,17). The number of hydrogen-bond acceptors (Lipinski definition) is 4. The fraction of sp³-hybridized carbons (Fsp3) is 0.385. The number of carboxylic acids is 1. The van der Waals surface area contributed by atoms with Crippen molar-refractivity contribution < 1.29 is 24.2 Å². The van der Waals surface area contributed by atoms with Crippen molar-refractivity contribution in [3.63, 3.8) is 0 Å². The minimum atomic E-state index is -1.47. The molecule has 0 bridgehead atoms. The van der Waals surface area contributed by atoms with E-state index in [1.807, 2.05) is 6.07 Å². The Balaban J connectivity index is 2.52. The molecule has 6 nitrogen and oxygen atoms in total. The summed E-state index contributed by atoms with van der Waals surface area (Å²) in [5.41, 5.74) is -1.47. The highest BCUT2D eigenvalue weighted by atomic mass is 16.5. The average molecular weight is 267 g/mol. The number of carbonyl (C=O) groups is 2. The SMILES string of the molecule is COCC(C)(NC(=O)COc1ccccc1)C(=O)O. The second-order valence-electron chi connectivity index (χ2n) is 4.22. The predicted molar refractivity (Wildman–Crippen MR) is 68.0 cm³/mol. The van der Waals surface area contributed by atoms with Crippen molar-refractivity contribution in [3.05, 3.63) is 30.3 Å². The van der Waals surface area contributed by atoms with E-state index in [9.17, 15) is 9.59 Å². The number of para-hydroxylation sites is 1. The number of carboxylic acid groups (broad SMARTS) is 1. The van der Waals surface area contributed by atoms with Crippen molar-refractivity contribution in [1.29, 1.82) is 0 Å². The molecule has 0 saturated carbocycles. The van der Waals surface area contributed by atoms with E-state index in [1.165, 1.54) is 14.0 Å². The highest BCUT2D eigenvalue weighted by molar-refractivity contribution is 5.87. The Morgan fingerprint density at radius 2 is 1.95 bits per heavy atom. The topological polar surface area (TPSA) is 84.9 Å². The highest BCUT2D eigenvalue weighted by Gasteiger charge is 2.35. The Hall–Kier alpha value is -2.08. The first-order chi connectivity index (χ1) is 8.98. The zero-order valence-electron chi connectivity index (χ0n) is 10.9. The van der Waals surface area contributed by atoms with Gasteiger partial charge in [-0.2, -0.15) is 0 Å². The van der Waals surface area contributed by atoms with Crippen LogP contribution in [0.3, 0.4) is 0 Å². The average Bonchev–Trinajstić information content (AvgIpc) is 2.37. The number of ether oxygens (including phenoxy) is 2. The van der Waals surface area contributed by atoms with E-state index < -0.39 is 17.4 Å². The lowest BCUT2D eigenvalue weighted by atomic mass is 10.0. The molecule has 104 valence electrons. The molecule has 0 aliphatic carbocycles. The zero-order chi connectivity index (χ0) is 14.3. The lowest BCUT2D eigenvalue weighted by Crippen LogP contribution is -2.56. The molecule has 0 aliphatic heterocycles. The van der Waals surface area contributed by atoms with Gasteiger partial charge in [-0.1, -0.05) is 18.2 Å². The van der Waals surface area contributed by atoms with Gasteiger partial charge >= 0.3 is 5.97 Å². The van der Waals surface area contributed by atoms with Crippen molar-refractivity contribution in [3.8, 4) is 5.75 Å². The van der Waals surface area contributed by atoms with Crippen LogP contribution in [0.4, 0.5) is 0 Å². The summed E-state index contributed by atoms with van der Waals surface area (Å²) in [6, 6.07) is 8.80. The van der Waals surface area contributed by atoms with Gasteiger partial charge in [0.1, 0.15) is 5.75 Å². The van der Waals surface area contributed by atoms with Crippen LogP contribution in [-0.2, 0) is 14.3 Å². The van der Waals surface area contributed by atoms with Crippen LogP contribution >= 0.6 is 0 Å². The molecule has 1 amide bonds. The normalized spacial score (nSPS) is 13.4.